The van der Waals surface area contributed by atoms with Crippen LogP contribution in [0.1, 0.15) is 17.6 Å². The quantitative estimate of drug-likeness (QED) is 0.299. The minimum atomic E-state index is -3.19. The van der Waals surface area contributed by atoms with Crippen LogP contribution in [0.25, 0.3) is 0 Å². The van der Waals surface area contributed by atoms with Crippen molar-refractivity contribution in [3.8, 4) is 0 Å². The number of nitrogens with one attached hydrogen (secondary N) is 3. The van der Waals surface area contributed by atoms with Gasteiger partial charge in [-0.15, -0.1) is 21.5 Å². The van der Waals surface area contributed by atoms with Crippen LogP contribution in [-0.2, 0) is 29.5 Å². The van der Waals surface area contributed by atoms with Crippen LogP contribution in [0.15, 0.2) is 28.8 Å². The first-order valence-corrected chi connectivity index (χ1v) is 11.1. The molecule has 0 radical (unpaired) electrons. The molecule has 144 valence electrons. The highest BCUT2D eigenvalue weighted by atomic mass is 32.2. The number of hydrogen-bond donors (Lipinski definition) is 3. The monoisotopic (exact) mass is 399 g/mol. The van der Waals surface area contributed by atoms with Crippen molar-refractivity contribution in [1.82, 2.24) is 30.1 Å². The molecule has 0 amide bonds. The van der Waals surface area contributed by atoms with Crippen LogP contribution in [0, 0.1) is 0 Å². The third kappa shape index (κ3) is 7.50. The molecule has 3 N–H and O–H groups in total. The minimum Gasteiger partial charge on any atom is -0.355 e. The molecular weight excluding hydrogens is 374 g/mol. The number of thiophene rings is 1. The van der Waals surface area contributed by atoms with Crippen molar-refractivity contribution in [1.29, 1.82) is 0 Å². The van der Waals surface area contributed by atoms with Gasteiger partial charge in [0.25, 0.3) is 0 Å². The molecule has 0 saturated carbocycles. The molecule has 2 aromatic rings. The predicted octanol–water partition coefficient (Wildman–Crippen LogP) is 0.187. The number of sulfonamides is 1. The predicted molar refractivity (Wildman–Crippen MR) is 104 cm³/mol. The molecule has 0 aliphatic rings. The molecule has 2 rings (SSSR count). The maximum atomic E-state index is 11.1. The summed E-state index contributed by atoms with van der Waals surface area (Å²) in [5.74, 6) is 1.58. The summed E-state index contributed by atoms with van der Waals surface area (Å²) in [6.07, 6.45) is 3.68. The maximum Gasteiger partial charge on any atom is 0.208 e. The van der Waals surface area contributed by atoms with E-state index in [9.17, 15) is 8.42 Å². The lowest BCUT2D eigenvalue weighted by atomic mass is 10.4. The largest absolute Gasteiger partial charge is 0.355 e. The smallest absolute Gasteiger partial charge is 0.208 e. The van der Waals surface area contributed by atoms with Gasteiger partial charge in [-0.05, 0) is 11.4 Å². The average molecular weight is 400 g/mol. The molecule has 9 nitrogen and oxygen atoms in total. The number of aryl methyl sites for hydroxylation is 1. The van der Waals surface area contributed by atoms with E-state index in [1.807, 2.05) is 29.0 Å². The van der Waals surface area contributed by atoms with Crippen molar-refractivity contribution in [2.75, 3.05) is 25.9 Å². The standard InChI is InChI=1S/C15H25N7O2S2/c1-3-14-21-19-12-22(14)9-8-17-15(16-6-7-20-26(2,23)24)18-11-13-5-4-10-25-13/h4-5,10,12,20H,3,6-9,11H2,1-2H3,(H2,16,17,18). The van der Waals surface area contributed by atoms with Gasteiger partial charge in [-0.3, -0.25) is 0 Å². The Morgan fingerprint density at radius 3 is 2.81 bits per heavy atom. The summed E-state index contributed by atoms with van der Waals surface area (Å²) in [6.45, 7) is 4.72. The van der Waals surface area contributed by atoms with Gasteiger partial charge in [0.05, 0.1) is 12.8 Å². The zero-order valence-electron chi connectivity index (χ0n) is 15.0. The Bertz CT molecular complexity index is 785. The van der Waals surface area contributed by atoms with Crippen molar-refractivity contribution in [3.05, 3.63) is 34.5 Å². The topological polar surface area (TPSA) is 113 Å². The fourth-order valence-electron chi connectivity index (χ4n) is 2.19. The fraction of sp³-hybridized carbons (Fsp3) is 0.533. The Morgan fingerprint density at radius 2 is 2.12 bits per heavy atom. The summed E-state index contributed by atoms with van der Waals surface area (Å²) in [4.78, 5) is 5.71. The van der Waals surface area contributed by atoms with Crippen LogP contribution < -0.4 is 15.4 Å². The van der Waals surface area contributed by atoms with Crippen molar-refractivity contribution in [3.63, 3.8) is 0 Å². The lowest BCUT2D eigenvalue weighted by Gasteiger charge is -2.13. The lowest BCUT2D eigenvalue weighted by molar-refractivity contribution is 0.586. The minimum absolute atomic E-state index is 0.296. The van der Waals surface area contributed by atoms with Crippen LogP contribution in [0.2, 0.25) is 0 Å². The SMILES string of the molecule is CCc1nncn1CCNC(=NCc1cccs1)NCCNS(C)(=O)=O. The van der Waals surface area contributed by atoms with E-state index in [0.29, 0.717) is 32.1 Å². The van der Waals surface area contributed by atoms with Crippen LogP contribution in [-0.4, -0.2) is 55.0 Å². The van der Waals surface area contributed by atoms with Gasteiger partial charge in [0.1, 0.15) is 12.2 Å². The summed E-state index contributed by atoms with van der Waals surface area (Å²) < 4.78 is 26.7. The molecule has 0 spiro atoms. The summed E-state index contributed by atoms with van der Waals surface area (Å²) >= 11 is 1.65. The van der Waals surface area contributed by atoms with E-state index < -0.39 is 10.0 Å². The van der Waals surface area contributed by atoms with Crippen molar-refractivity contribution in [2.45, 2.75) is 26.4 Å². The van der Waals surface area contributed by atoms with E-state index in [-0.39, 0.29) is 0 Å². The number of guanidine groups is 1. The molecule has 0 atom stereocenters. The first-order valence-electron chi connectivity index (χ1n) is 8.34. The molecule has 11 heteroatoms. The Morgan fingerprint density at radius 1 is 1.31 bits per heavy atom. The molecule has 0 unspecified atom stereocenters. The van der Waals surface area contributed by atoms with E-state index in [0.717, 1.165) is 29.9 Å². The average Bonchev–Trinajstić information content (AvgIpc) is 3.26. The first kappa shape index (κ1) is 20.3. The van der Waals surface area contributed by atoms with E-state index in [2.05, 4.69) is 30.5 Å². The molecule has 2 heterocycles. The van der Waals surface area contributed by atoms with E-state index in [1.165, 1.54) is 0 Å². The van der Waals surface area contributed by atoms with Crippen LogP contribution in [0.4, 0.5) is 0 Å². The summed E-state index contributed by atoms with van der Waals surface area (Å²) in [5, 5.41) is 16.4. The molecule has 0 aliphatic heterocycles. The molecule has 0 bridgehead atoms. The van der Waals surface area contributed by atoms with E-state index >= 15 is 0 Å². The second-order valence-electron chi connectivity index (χ2n) is 5.56. The van der Waals surface area contributed by atoms with Gasteiger partial charge in [-0.2, -0.15) is 0 Å². The van der Waals surface area contributed by atoms with Crippen molar-refractivity contribution in [2.24, 2.45) is 4.99 Å². The molecule has 2 aromatic heterocycles. The second kappa shape index (κ2) is 10.2. The highest BCUT2D eigenvalue weighted by molar-refractivity contribution is 7.88. The summed E-state index contributed by atoms with van der Waals surface area (Å²) in [7, 11) is -3.19. The number of rotatable bonds is 10. The molecule has 0 aliphatic carbocycles. The van der Waals surface area contributed by atoms with Gasteiger partial charge in [0, 0.05) is 37.5 Å². The zero-order chi connectivity index (χ0) is 18.8. The normalized spacial score (nSPS) is 12.3. The summed E-state index contributed by atoms with van der Waals surface area (Å²) in [6, 6.07) is 4.02. The highest BCUT2D eigenvalue weighted by Crippen LogP contribution is 2.09. The van der Waals surface area contributed by atoms with Gasteiger partial charge in [0.2, 0.25) is 10.0 Å². The highest BCUT2D eigenvalue weighted by Gasteiger charge is 2.04. The molecule has 26 heavy (non-hydrogen) atoms. The Hall–Kier alpha value is -1.98. The number of nitrogens with zero attached hydrogens (tertiary/aromatic N) is 4. The molecule has 0 fully saturated rings. The molecule has 0 aromatic carbocycles. The Balaban J connectivity index is 1.86. The molecule has 0 saturated heterocycles. The third-order valence-corrected chi connectivity index (χ3v) is 5.00. The number of hydrogen-bond acceptors (Lipinski definition) is 6. The molecular formula is C15H25N7O2S2. The summed E-state index contributed by atoms with van der Waals surface area (Å²) in [5.41, 5.74) is 0. The maximum absolute atomic E-state index is 11.1. The Kier molecular flexibility index (Phi) is 8.01. The van der Waals surface area contributed by atoms with Crippen LogP contribution in [0.3, 0.4) is 0 Å². The van der Waals surface area contributed by atoms with Crippen molar-refractivity contribution >= 4 is 27.3 Å². The van der Waals surface area contributed by atoms with E-state index in [4.69, 9.17) is 0 Å². The van der Waals surface area contributed by atoms with Crippen LogP contribution >= 0.6 is 11.3 Å². The zero-order valence-corrected chi connectivity index (χ0v) is 16.6. The second-order valence-corrected chi connectivity index (χ2v) is 8.42. The van der Waals surface area contributed by atoms with Gasteiger partial charge in [0.15, 0.2) is 5.96 Å². The van der Waals surface area contributed by atoms with E-state index in [1.54, 1.807) is 17.7 Å². The van der Waals surface area contributed by atoms with Crippen molar-refractivity contribution < 1.29 is 8.42 Å². The van der Waals surface area contributed by atoms with Gasteiger partial charge < -0.3 is 15.2 Å². The fourth-order valence-corrected chi connectivity index (χ4v) is 3.29. The Labute approximate surface area is 158 Å². The number of aliphatic imine (C=N–C) groups is 1. The lowest BCUT2D eigenvalue weighted by Crippen LogP contribution is -2.42. The third-order valence-electron chi connectivity index (χ3n) is 3.41. The first-order chi connectivity index (χ1) is 12.5. The van der Waals surface area contributed by atoms with Gasteiger partial charge >= 0.3 is 0 Å². The van der Waals surface area contributed by atoms with Crippen LogP contribution in [0.5, 0.6) is 0 Å². The number of aromatic nitrogens is 3. The van der Waals surface area contributed by atoms with Gasteiger partial charge in [-0.25, -0.2) is 18.1 Å². The van der Waals surface area contributed by atoms with Gasteiger partial charge in [-0.1, -0.05) is 13.0 Å².